The molecule has 2 fully saturated rings. The monoisotopic (exact) mass is 351 g/mol. The van der Waals surface area contributed by atoms with Gasteiger partial charge in [-0.25, -0.2) is 0 Å². The Bertz CT molecular complexity index is 856. The predicted octanol–water partition coefficient (Wildman–Crippen LogP) is 2.60. The number of amides is 2. The minimum atomic E-state index is -0.384. The summed E-state index contributed by atoms with van der Waals surface area (Å²) in [6, 6.07) is 12.0. The molecular formula is C21H25N3O2. The minimum absolute atomic E-state index is 0.0271. The van der Waals surface area contributed by atoms with Gasteiger partial charge in [-0.3, -0.25) is 9.59 Å². The molecule has 0 aliphatic carbocycles. The van der Waals surface area contributed by atoms with Crippen LogP contribution in [0.2, 0.25) is 0 Å². The second-order valence-corrected chi connectivity index (χ2v) is 7.73. The van der Waals surface area contributed by atoms with Gasteiger partial charge in [0.15, 0.2) is 0 Å². The number of aryl methyl sites for hydroxylation is 2. The van der Waals surface area contributed by atoms with Crippen LogP contribution in [0.5, 0.6) is 0 Å². The van der Waals surface area contributed by atoms with Gasteiger partial charge in [-0.15, -0.1) is 0 Å². The van der Waals surface area contributed by atoms with Gasteiger partial charge in [0.25, 0.3) is 5.91 Å². The van der Waals surface area contributed by atoms with Gasteiger partial charge in [0.2, 0.25) is 5.91 Å². The minimum Gasteiger partial charge on any atom is -0.347 e. The maximum atomic E-state index is 13.1. The molecule has 0 saturated carbocycles. The number of benzene rings is 1. The topological polar surface area (TPSA) is 45.5 Å². The van der Waals surface area contributed by atoms with E-state index in [2.05, 4.69) is 25.1 Å². The van der Waals surface area contributed by atoms with Gasteiger partial charge in [-0.1, -0.05) is 29.8 Å². The molecule has 2 amide bonds. The molecule has 0 unspecified atom stereocenters. The summed E-state index contributed by atoms with van der Waals surface area (Å²) in [5, 5.41) is 0. The molecule has 26 heavy (non-hydrogen) atoms. The van der Waals surface area contributed by atoms with E-state index in [1.807, 2.05) is 45.8 Å². The normalized spacial score (nSPS) is 22.6. The summed E-state index contributed by atoms with van der Waals surface area (Å²) in [4.78, 5) is 29.7. The summed E-state index contributed by atoms with van der Waals surface area (Å²) in [6.07, 6.45) is 3.49. The summed E-state index contributed by atoms with van der Waals surface area (Å²) in [5.41, 5.74) is 2.68. The Hall–Kier alpha value is -2.56. The van der Waals surface area contributed by atoms with E-state index in [1.54, 1.807) is 0 Å². The molecule has 1 atom stereocenters. The largest absolute Gasteiger partial charge is 0.347 e. The number of nitrogens with zero attached hydrogens (tertiary/aromatic N) is 3. The molecule has 1 aromatic heterocycles. The van der Waals surface area contributed by atoms with Crippen molar-refractivity contribution in [2.45, 2.75) is 26.3 Å². The molecule has 5 nitrogen and oxygen atoms in total. The summed E-state index contributed by atoms with van der Waals surface area (Å²) >= 11 is 0. The first-order chi connectivity index (χ1) is 12.5. The van der Waals surface area contributed by atoms with Crippen LogP contribution in [-0.2, 0) is 18.4 Å². The lowest BCUT2D eigenvalue weighted by molar-refractivity contribution is -0.135. The number of likely N-dealkylation sites (tertiary alicyclic amines) is 2. The number of hydrogen-bond acceptors (Lipinski definition) is 2. The fourth-order valence-corrected chi connectivity index (χ4v) is 4.34. The van der Waals surface area contributed by atoms with Crippen LogP contribution < -0.4 is 0 Å². The summed E-state index contributed by atoms with van der Waals surface area (Å²) < 4.78 is 1.84. The van der Waals surface area contributed by atoms with E-state index in [0.29, 0.717) is 25.3 Å². The van der Waals surface area contributed by atoms with Crippen molar-refractivity contribution >= 4 is 11.8 Å². The Balaban J connectivity index is 1.46. The van der Waals surface area contributed by atoms with Crippen molar-refractivity contribution in [3.63, 3.8) is 0 Å². The van der Waals surface area contributed by atoms with Gasteiger partial charge in [-0.05, 0) is 37.5 Å². The van der Waals surface area contributed by atoms with Crippen molar-refractivity contribution in [1.82, 2.24) is 14.4 Å². The molecule has 2 saturated heterocycles. The van der Waals surface area contributed by atoms with Crippen molar-refractivity contribution in [1.29, 1.82) is 0 Å². The third kappa shape index (κ3) is 2.81. The van der Waals surface area contributed by atoms with Gasteiger partial charge in [-0.2, -0.15) is 0 Å². The second kappa shape index (κ2) is 6.31. The highest BCUT2D eigenvalue weighted by Gasteiger charge is 2.51. The standard InChI is InChI=1S/C21H25N3O2/c1-16-5-3-6-17(13-16)14-23-11-8-21(20(23)26)9-12-24(15-21)19(25)18-7-4-10-22(18)2/h3-7,10,13H,8-9,11-12,14-15H2,1-2H3/t21-/m1/s1. The van der Waals surface area contributed by atoms with E-state index in [9.17, 15) is 9.59 Å². The molecule has 0 radical (unpaired) electrons. The Morgan fingerprint density at radius 1 is 1.15 bits per heavy atom. The molecular weight excluding hydrogens is 326 g/mol. The summed E-state index contributed by atoms with van der Waals surface area (Å²) in [7, 11) is 1.88. The number of carbonyl (C=O) groups is 2. The molecule has 3 heterocycles. The van der Waals surface area contributed by atoms with E-state index >= 15 is 0 Å². The van der Waals surface area contributed by atoms with Crippen LogP contribution in [0.4, 0.5) is 0 Å². The van der Waals surface area contributed by atoms with Crippen LogP contribution >= 0.6 is 0 Å². The van der Waals surface area contributed by atoms with Gasteiger partial charge in [0.05, 0.1) is 5.41 Å². The maximum absolute atomic E-state index is 13.1. The maximum Gasteiger partial charge on any atom is 0.270 e. The van der Waals surface area contributed by atoms with Crippen molar-refractivity contribution in [2.75, 3.05) is 19.6 Å². The average molecular weight is 351 g/mol. The molecule has 2 aliphatic rings. The van der Waals surface area contributed by atoms with Crippen LogP contribution in [-0.4, -0.2) is 45.8 Å². The van der Waals surface area contributed by atoms with Crippen LogP contribution in [0.1, 0.15) is 34.5 Å². The molecule has 0 bridgehead atoms. The fourth-order valence-electron chi connectivity index (χ4n) is 4.34. The van der Waals surface area contributed by atoms with Crippen LogP contribution in [0.25, 0.3) is 0 Å². The molecule has 2 aromatic rings. The van der Waals surface area contributed by atoms with E-state index in [1.165, 1.54) is 11.1 Å². The number of aromatic nitrogens is 1. The number of rotatable bonds is 3. The Morgan fingerprint density at radius 3 is 2.69 bits per heavy atom. The molecule has 136 valence electrons. The van der Waals surface area contributed by atoms with Crippen molar-refractivity contribution in [3.05, 3.63) is 59.4 Å². The Labute approximate surface area is 154 Å². The zero-order valence-electron chi connectivity index (χ0n) is 15.4. The first kappa shape index (κ1) is 16.9. The molecule has 1 spiro atoms. The quantitative estimate of drug-likeness (QED) is 0.853. The first-order valence-electron chi connectivity index (χ1n) is 9.24. The fraction of sp³-hybridized carbons (Fsp3) is 0.429. The highest BCUT2D eigenvalue weighted by molar-refractivity contribution is 5.94. The lowest BCUT2D eigenvalue weighted by Gasteiger charge is -2.24. The zero-order valence-corrected chi connectivity index (χ0v) is 15.4. The SMILES string of the molecule is Cc1cccc(CN2CC[C@]3(CCN(C(=O)c4cccn4C)C3)C2=O)c1. The average Bonchev–Trinajstić information content (AvgIpc) is 3.31. The molecule has 0 N–H and O–H groups in total. The molecule has 5 heteroatoms. The predicted molar refractivity (Wildman–Crippen MR) is 99.6 cm³/mol. The number of carbonyl (C=O) groups excluding carboxylic acids is 2. The van der Waals surface area contributed by atoms with E-state index in [-0.39, 0.29) is 17.2 Å². The Kier molecular flexibility index (Phi) is 4.10. The molecule has 4 rings (SSSR count). The highest BCUT2D eigenvalue weighted by atomic mass is 16.2. The van der Waals surface area contributed by atoms with Gasteiger partial charge < -0.3 is 14.4 Å². The van der Waals surface area contributed by atoms with E-state index in [4.69, 9.17) is 0 Å². The molecule has 2 aliphatic heterocycles. The lowest BCUT2D eigenvalue weighted by Crippen LogP contribution is -2.38. The van der Waals surface area contributed by atoms with Crippen molar-refractivity contribution in [2.24, 2.45) is 12.5 Å². The van der Waals surface area contributed by atoms with Crippen LogP contribution in [0, 0.1) is 12.3 Å². The third-order valence-corrected chi connectivity index (χ3v) is 5.86. The third-order valence-electron chi connectivity index (χ3n) is 5.86. The van der Waals surface area contributed by atoms with Crippen molar-refractivity contribution in [3.8, 4) is 0 Å². The van der Waals surface area contributed by atoms with Gasteiger partial charge in [0, 0.05) is 39.4 Å². The lowest BCUT2D eigenvalue weighted by atomic mass is 9.85. The van der Waals surface area contributed by atoms with E-state index < -0.39 is 0 Å². The van der Waals surface area contributed by atoms with Gasteiger partial charge >= 0.3 is 0 Å². The first-order valence-corrected chi connectivity index (χ1v) is 9.24. The Morgan fingerprint density at radius 2 is 1.96 bits per heavy atom. The van der Waals surface area contributed by atoms with Crippen LogP contribution in [0.15, 0.2) is 42.6 Å². The summed E-state index contributed by atoms with van der Waals surface area (Å²) in [5.74, 6) is 0.237. The second-order valence-electron chi connectivity index (χ2n) is 7.73. The van der Waals surface area contributed by atoms with Crippen molar-refractivity contribution < 1.29 is 9.59 Å². The number of hydrogen-bond donors (Lipinski definition) is 0. The highest BCUT2D eigenvalue weighted by Crippen LogP contribution is 2.41. The molecule has 1 aromatic carbocycles. The van der Waals surface area contributed by atoms with Crippen LogP contribution in [0.3, 0.4) is 0 Å². The summed E-state index contributed by atoms with van der Waals surface area (Å²) in [6.45, 7) is 4.71. The van der Waals surface area contributed by atoms with E-state index in [0.717, 1.165) is 19.4 Å². The smallest absolute Gasteiger partial charge is 0.270 e. The zero-order chi connectivity index (χ0) is 18.3. The van der Waals surface area contributed by atoms with Gasteiger partial charge in [0.1, 0.15) is 5.69 Å².